The molecule has 0 saturated carbocycles. The van der Waals surface area contributed by atoms with Crippen molar-refractivity contribution in [1.82, 2.24) is 9.80 Å². The topological polar surface area (TPSA) is 69.7 Å². The van der Waals surface area contributed by atoms with Crippen molar-refractivity contribution in [2.24, 2.45) is 0 Å². The number of carbonyl (C=O) groups is 3. The van der Waals surface area contributed by atoms with Crippen molar-refractivity contribution in [3.8, 4) is 0 Å². The number of benzene rings is 1. The van der Waals surface area contributed by atoms with Crippen LogP contribution < -0.4 is 5.32 Å². The van der Waals surface area contributed by atoms with Gasteiger partial charge in [-0.2, -0.15) is 0 Å². The highest BCUT2D eigenvalue weighted by Crippen LogP contribution is 2.18. The molecule has 1 N–H and O–H groups in total. The number of likely N-dealkylation sites (N-methyl/N-ethyl adjacent to an activating group) is 1. The number of anilines is 1. The number of nitrogens with zero attached hydrogens (tertiary/aromatic N) is 2. The molecule has 0 aromatic heterocycles. The van der Waals surface area contributed by atoms with Gasteiger partial charge in [0.05, 0.1) is 0 Å². The summed E-state index contributed by atoms with van der Waals surface area (Å²) < 4.78 is 0. The fourth-order valence-corrected chi connectivity index (χ4v) is 3.34. The molecule has 27 heavy (non-hydrogen) atoms. The molecule has 1 aliphatic heterocycles. The summed E-state index contributed by atoms with van der Waals surface area (Å²) in [4.78, 5) is 40.7. The standard InChI is InChI=1S/C21H31N3O3/c1-4-6-10-18-21(27)23(3)13-14-24(18)20(26)12-11-19(25)22-17-9-7-8-16(5-2)15-17/h7-9,15,18H,4-6,10-14H2,1-3H3,(H,22,25). The number of hydrogen-bond acceptors (Lipinski definition) is 3. The minimum atomic E-state index is -0.388. The van der Waals surface area contributed by atoms with Gasteiger partial charge in [0, 0.05) is 38.7 Å². The first-order valence-corrected chi connectivity index (χ1v) is 9.89. The van der Waals surface area contributed by atoms with Crippen LogP contribution in [0.25, 0.3) is 0 Å². The fourth-order valence-electron chi connectivity index (χ4n) is 3.34. The molecule has 0 aliphatic carbocycles. The molecular weight excluding hydrogens is 342 g/mol. The molecule has 0 radical (unpaired) electrons. The van der Waals surface area contributed by atoms with E-state index in [-0.39, 0.29) is 36.6 Å². The first kappa shape index (κ1) is 20.9. The molecule has 6 heteroatoms. The summed E-state index contributed by atoms with van der Waals surface area (Å²) >= 11 is 0. The third-order valence-corrected chi connectivity index (χ3v) is 5.05. The summed E-state index contributed by atoms with van der Waals surface area (Å²) in [7, 11) is 1.78. The fraction of sp³-hybridized carbons (Fsp3) is 0.571. The van der Waals surface area contributed by atoms with Crippen LogP contribution in [0.15, 0.2) is 24.3 Å². The number of carbonyl (C=O) groups excluding carboxylic acids is 3. The van der Waals surface area contributed by atoms with E-state index in [1.165, 1.54) is 0 Å². The molecule has 1 heterocycles. The summed E-state index contributed by atoms with van der Waals surface area (Å²) in [6.07, 6.45) is 3.71. The first-order valence-electron chi connectivity index (χ1n) is 9.89. The Labute approximate surface area is 161 Å². The Bertz CT molecular complexity index is 674. The van der Waals surface area contributed by atoms with Gasteiger partial charge in [-0.1, -0.05) is 38.8 Å². The smallest absolute Gasteiger partial charge is 0.245 e. The van der Waals surface area contributed by atoms with Gasteiger partial charge >= 0.3 is 0 Å². The van der Waals surface area contributed by atoms with Crippen molar-refractivity contribution in [2.45, 2.75) is 58.4 Å². The second kappa shape index (κ2) is 10.1. The monoisotopic (exact) mass is 373 g/mol. The SMILES string of the molecule is CCCCC1C(=O)N(C)CCN1C(=O)CCC(=O)Nc1cccc(CC)c1. The minimum Gasteiger partial charge on any atom is -0.342 e. The van der Waals surface area contributed by atoms with E-state index in [2.05, 4.69) is 19.2 Å². The molecule has 2 rings (SSSR count). The van der Waals surface area contributed by atoms with Gasteiger partial charge in [-0.05, 0) is 30.5 Å². The Kier molecular flexibility index (Phi) is 7.82. The van der Waals surface area contributed by atoms with Gasteiger partial charge in [-0.25, -0.2) is 0 Å². The molecule has 148 valence electrons. The average molecular weight is 373 g/mol. The Balaban J connectivity index is 1.90. The lowest BCUT2D eigenvalue weighted by molar-refractivity contribution is -0.150. The number of piperazine rings is 1. The van der Waals surface area contributed by atoms with Crippen LogP contribution in [0.2, 0.25) is 0 Å². The van der Waals surface area contributed by atoms with Crippen molar-refractivity contribution in [1.29, 1.82) is 0 Å². The maximum atomic E-state index is 12.7. The van der Waals surface area contributed by atoms with Crippen molar-refractivity contribution in [3.05, 3.63) is 29.8 Å². The zero-order chi connectivity index (χ0) is 19.8. The quantitative estimate of drug-likeness (QED) is 0.762. The Morgan fingerprint density at radius 1 is 1.19 bits per heavy atom. The maximum Gasteiger partial charge on any atom is 0.245 e. The molecule has 1 unspecified atom stereocenters. The van der Waals surface area contributed by atoms with E-state index in [1.807, 2.05) is 24.3 Å². The summed E-state index contributed by atoms with van der Waals surface area (Å²) in [6, 6.07) is 7.33. The van der Waals surface area contributed by atoms with E-state index in [0.717, 1.165) is 30.5 Å². The molecule has 1 aromatic carbocycles. The number of hydrogen-bond donors (Lipinski definition) is 1. The lowest BCUT2D eigenvalue weighted by Crippen LogP contribution is -2.57. The Hall–Kier alpha value is -2.37. The third kappa shape index (κ3) is 5.81. The van der Waals surface area contributed by atoms with Crippen molar-refractivity contribution in [3.63, 3.8) is 0 Å². The van der Waals surface area contributed by atoms with E-state index in [9.17, 15) is 14.4 Å². The van der Waals surface area contributed by atoms with Crippen LogP contribution in [0.3, 0.4) is 0 Å². The Morgan fingerprint density at radius 3 is 2.67 bits per heavy atom. The predicted octanol–water partition coefficient (Wildman–Crippen LogP) is 2.83. The molecule has 6 nitrogen and oxygen atoms in total. The summed E-state index contributed by atoms with van der Waals surface area (Å²) in [5.41, 5.74) is 1.90. The second-order valence-corrected chi connectivity index (χ2v) is 7.11. The van der Waals surface area contributed by atoms with Crippen LogP contribution in [-0.4, -0.2) is 53.7 Å². The lowest BCUT2D eigenvalue weighted by Gasteiger charge is -2.39. The minimum absolute atomic E-state index is 0.00359. The van der Waals surface area contributed by atoms with Crippen LogP contribution in [0.4, 0.5) is 5.69 Å². The summed E-state index contributed by atoms with van der Waals surface area (Å²) in [5.74, 6) is -0.291. The van der Waals surface area contributed by atoms with Crippen LogP contribution in [0.5, 0.6) is 0 Å². The van der Waals surface area contributed by atoms with Gasteiger partial charge < -0.3 is 15.1 Å². The van der Waals surface area contributed by atoms with Gasteiger partial charge in [0.25, 0.3) is 0 Å². The molecule has 1 aliphatic rings. The van der Waals surface area contributed by atoms with Gasteiger partial charge in [0.1, 0.15) is 6.04 Å². The van der Waals surface area contributed by atoms with E-state index in [4.69, 9.17) is 0 Å². The summed E-state index contributed by atoms with van der Waals surface area (Å²) in [6.45, 7) is 5.21. The van der Waals surface area contributed by atoms with Gasteiger partial charge in [-0.3, -0.25) is 14.4 Å². The first-order chi connectivity index (χ1) is 13.0. The highest BCUT2D eigenvalue weighted by Gasteiger charge is 2.35. The normalized spacial score (nSPS) is 17.1. The predicted molar refractivity (Wildman–Crippen MR) is 106 cm³/mol. The number of nitrogens with one attached hydrogen (secondary N) is 1. The molecule has 3 amide bonds. The van der Waals surface area contributed by atoms with Gasteiger partial charge in [0.15, 0.2) is 0 Å². The van der Waals surface area contributed by atoms with Crippen LogP contribution in [0.1, 0.15) is 51.5 Å². The van der Waals surface area contributed by atoms with Gasteiger partial charge in [-0.15, -0.1) is 0 Å². The van der Waals surface area contributed by atoms with E-state index < -0.39 is 0 Å². The number of unbranched alkanes of at least 4 members (excludes halogenated alkanes) is 1. The average Bonchev–Trinajstić information content (AvgIpc) is 2.67. The molecule has 1 atom stereocenters. The lowest BCUT2D eigenvalue weighted by atomic mass is 10.0. The zero-order valence-corrected chi connectivity index (χ0v) is 16.7. The molecule has 1 aromatic rings. The zero-order valence-electron chi connectivity index (χ0n) is 16.7. The number of amides is 3. The van der Waals surface area contributed by atoms with Crippen molar-refractivity contribution in [2.75, 3.05) is 25.5 Å². The highest BCUT2D eigenvalue weighted by molar-refractivity contribution is 5.94. The van der Waals surface area contributed by atoms with Crippen molar-refractivity contribution >= 4 is 23.4 Å². The Morgan fingerprint density at radius 2 is 1.96 bits per heavy atom. The second-order valence-electron chi connectivity index (χ2n) is 7.11. The third-order valence-electron chi connectivity index (χ3n) is 5.05. The molecule has 1 saturated heterocycles. The van der Waals surface area contributed by atoms with Crippen LogP contribution >= 0.6 is 0 Å². The molecule has 1 fully saturated rings. The molecular formula is C21H31N3O3. The highest BCUT2D eigenvalue weighted by atomic mass is 16.2. The summed E-state index contributed by atoms with van der Waals surface area (Å²) in [5, 5.41) is 2.85. The van der Waals surface area contributed by atoms with E-state index in [0.29, 0.717) is 19.5 Å². The molecule has 0 bridgehead atoms. The number of aryl methyl sites for hydroxylation is 1. The van der Waals surface area contributed by atoms with E-state index >= 15 is 0 Å². The van der Waals surface area contributed by atoms with Crippen LogP contribution in [0, 0.1) is 0 Å². The largest absolute Gasteiger partial charge is 0.342 e. The van der Waals surface area contributed by atoms with Crippen LogP contribution in [-0.2, 0) is 20.8 Å². The van der Waals surface area contributed by atoms with Crippen molar-refractivity contribution < 1.29 is 14.4 Å². The number of rotatable bonds is 8. The van der Waals surface area contributed by atoms with E-state index in [1.54, 1.807) is 16.8 Å². The molecule has 0 spiro atoms. The maximum absolute atomic E-state index is 12.7. The van der Waals surface area contributed by atoms with Gasteiger partial charge in [0.2, 0.25) is 17.7 Å².